The second kappa shape index (κ2) is 14.2. The van der Waals surface area contributed by atoms with Gasteiger partial charge in [-0.1, -0.05) is 21.3 Å². The van der Waals surface area contributed by atoms with Gasteiger partial charge in [-0.2, -0.15) is 17.6 Å². The molecular formula is C22H32F4N4O6. The SMILES string of the molecule is C.CC[C@@H](C(N)=O)N1C[C@H](C=C(F)F)C(C(=O)O)C1=O.CC[C@@H](C(N)=O)N1C[C@H](C=C(F)F)CC1=O. The smallest absolute Gasteiger partial charge is 0.316 e. The van der Waals surface area contributed by atoms with Gasteiger partial charge in [0.25, 0.3) is 12.2 Å². The van der Waals surface area contributed by atoms with Crippen LogP contribution < -0.4 is 11.5 Å². The van der Waals surface area contributed by atoms with Crippen molar-refractivity contribution in [2.24, 2.45) is 29.2 Å². The number of carbonyl (C=O) groups is 5. The molecule has 0 aromatic carbocycles. The molecular weight excluding hydrogens is 492 g/mol. The van der Waals surface area contributed by atoms with Crippen LogP contribution in [0.25, 0.3) is 0 Å². The first-order valence-electron chi connectivity index (χ1n) is 10.7. The number of carboxylic acid groups (broad SMARTS) is 1. The Morgan fingerprint density at radius 2 is 1.42 bits per heavy atom. The highest BCUT2D eigenvalue weighted by molar-refractivity contribution is 6.01. The Kier molecular flexibility index (Phi) is 12.8. The van der Waals surface area contributed by atoms with Gasteiger partial charge < -0.3 is 26.4 Å². The van der Waals surface area contributed by atoms with E-state index < -0.39 is 65.7 Å². The number of likely N-dealkylation sites (tertiary alicyclic amines) is 2. The summed E-state index contributed by atoms with van der Waals surface area (Å²) in [5.74, 6) is -7.32. The van der Waals surface area contributed by atoms with Gasteiger partial charge in [-0.25, -0.2) is 0 Å². The fraction of sp³-hybridized carbons (Fsp3) is 0.591. The summed E-state index contributed by atoms with van der Waals surface area (Å²) in [5, 5.41) is 8.94. The molecule has 2 saturated heterocycles. The Morgan fingerprint density at radius 1 is 0.944 bits per heavy atom. The van der Waals surface area contributed by atoms with E-state index in [0.717, 1.165) is 11.0 Å². The van der Waals surface area contributed by atoms with Gasteiger partial charge >= 0.3 is 5.97 Å². The van der Waals surface area contributed by atoms with Gasteiger partial charge in [0.05, 0.1) is 0 Å². The summed E-state index contributed by atoms with van der Waals surface area (Å²) in [4.78, 5) is 58.9. The number of nitrogens with zero attached hydrogens (tertiary/aromatic N) is 2. The molecule has 0 spiro atoms. The van der Waals surface area contributed by atoms with E-state index in [4.69, 9.17) is 16.6 Å². The molecule has 0 aromatic rings. The van der Waals surface area contributed by atoms with Gasteiger partial charge in [0, 0.05) is 31.3 Å². The predicted octanol–water partition coefficient (Wildman–Crippen LogP) is 1.71. The Hall–Kier alpha value is -3.45. The van der Waals surface area contributed by atoms with E-state index in [9.17, 15) is 41.5 Å². The zero-order chi connectivity index (χ0) is 27.0. The van der Waals surface area contributed by atoms with Crippen LogP contribution in [0.4, 0.5) is 17.6 Å². The molecule has 5 N–H and O–H groups in total. The highest BCUT2D eigenvalue weighted by atomic mass is 19.3. The molecule has 2 heterocycles. The number of nitrogens with two attached hydrogens (primary N) is 2. The molecule has 1 unspecified atom stereocenters. The molecule has 0 radical (unpaired) electrons. The quantitative estimate of drug-likeness (QED) is 0.307. The lowest BCUT2D eigenvalue weighted by Crippen LogP contribution is -2.46. The molecule has 14 heteroatoms. The summed E-state index contributed by atoms with van der Waals surface area (Å²) >= 11 is 0. The molecule has 2 aliphatic rings. The van der Waals surface area contributed by atoms with E-state index in [1.165, 1.54) is 4.90 Å². The minimum Gasteiger partial charge on any atom is -0.481 e. The molecule has 0 aromatic heterocycles. The first kappa shape index (κ1) is 32.5. The van der Waals surface area contributed by atoms with Crippen LogP contribution in [0.15, 0.2) is 24.3 Å². The molecule has 4 amide bonds. The third kappa shape index (κ3) is 8.34. The number of hydrogen-bond acceptors (Lipinski definition) is 5. The number of hydrogen-bond donors (Lipinski definition) is 3. The van der Waals surface area contributed by atoms with Crippen LogP contribution in [0.1, 0.15) is 40.5 Å². The van der Waals surface area contributed by atoms with Crippen molar-refractivity contribution in [3.63, 3.8) is 0 Å². The van der Waals surface area contributed by atoms with Crippen molar-refractivity contribution in [3.8, 4) is 0 Å². The van der Waals surface area contributed by atoms with E-state index in [-0.39, 0.29) is 39.3 Å². The maximum Gasteiger partial charge on any atom is 0.316 e. The average molecular weight is 525 g/mol. The van der Waals surface area contributed by atoms with Crippen LogP contribution in [0.5, 0.6) is 0 Å². The standard InChI is InChI=1S/C11H14F2N2O4.C10H14F2N2O2.CH4/c1-2-6(9(14)16)15-4-5(3-7(12)13)8(10(15)17)11(18)19;1-2-7(10(13)16)14-5-6(3-8(11)12)4-9(14)15;/h3,5-6,8H,2,4H2,1H3,(H2,14,16)(H,18,19);3,6-7H,2,4-5H2,1H3,(H2,13,16);1H4/t5-,6-,8?;6-,7+;/m01./s1. The third-order valence-corrected chi connectivity index (χ3v) is 5.72. The van der Waals surface area contributed by atoms with E-state index in [1.807, 2.05) is 0 Å². The summed E-state index contributed by atoms with van der Waals surface area (Å²) in [6, 6.07) is -1.66. The van der Waals surface area contributed by atoms with Crippen molar-refractivity contribution in [3.05, 3.63) is 24.3 Å². The Morgan fingerprint density at radius 3 is 1.81 bits per heavy atom. The van der Waals surface area contributed by atoms with Gasteiger partial charge in [0.1, 0.15) is 18.0 Å². The zero-order valence-corrected chi connectivity index (χ0v) is 19.1. The number of carbonyl (C=O) groups excluding carboxylic acids is 4. The minimum absolute atomic E-state index is 0. The van der Waals surface area contributed by atoms with E-state index in [1.54, 1.807) is 13.8 Å². The van der Waals surface area contributed by atoms with Crippen molar-refractivity contribution in [1.82, 2.24) is 9.80 Å². The van der Waals surface area contributed by atoms with E-state index in [0.29, 0.717) is 12.5 Å². The van der Waals surface area contributed by atoms with Crippen LogP contribution >= 0.6 is 0 Å². The number of rotatable bonds is 9. The summed E-state index contributed by atoms with van der Waals surface area (Å²) in [5.41, 5.74) is 10.3. The van der Waals surface area contributed by atoms with Crippen molar-refractivity contribution in [2.75, 3.05) is 13.1 Å². The molecule has 2 fully saturated rings. The normalized spacial score (nSPS) is 22.6. The number of amides is 4. The second-order valence-electron chi connectivity index (χ2n) is 8.05. The van der Waals surface area contributed by atoms with Gasteiger partial charge in [-0.3, -0.25) is 24.0 Å². The number of carboxylic acids is 1. The second-order valence-corrected chi connectivity index (χ2v) is 8.05. The number of halogens is 4. The van der Waals surface area contributed by atoms with Gasteiger partial charge in [-0.15, -0.1) is 0 Å². The number of primary amides is 2. The van der Waals surface area contributed by atoms with E-state index >= 15 is 0 Å². The first-order chi connectivity index (χ1) is 16.2. The van der Waals surface area contributed by atoms with Crippen molar-refractivity contribution in [1.29, 1.82) is 0 Å². The highest BCUT2D eigenvalue weighted by Crippen LogP contribution is 2.30. The molecule has 10 nitrogen and oxygen atoms in total. The van der Waals surface area contributed by atoms with Crippen molar-refractivity contribution < 1.29 is 46.6 Å². The maximum atomic E-state index is 12.3. The molecule has 36 heavy (non-hydrogen) atoms. The van der Waals surface area contributed by atoms with E-state index in [2.05, 4.69) is 0 Å². The topological polar surface area (TPSA) is 164 Å². The lowest BCUT2D eigenvalue weighted by atomic mass is 9.96. The van der Waals surface area contributed by atoms with Crippen LogP contribution in [0.3, 0.4) is 0 Å². The molecule has 0 aliphatic carbocycles. The molecule has 0 saturated carbocycles. The average Bonchev–Trinajstić information content (AvgIpc) is 3.21. The number of aliphatic carboxylic acids is 1. The molecule has 204 valence electrons. The summed E-state index contributed by atoms with van der Waals surface area (Å²) in [6.45, 7) is 3.20. The van der Waals surface area contributed by atoms with Crippen molar-refractivity contribution >= 4 is 29.6 Å². The summed E-state index contributed by atoms with van der Waals surface area (Å²) in [6.07, 6.45) is -2.06. The molecule has 2 aliphatic heterocycles. The fourth-order valence-corrected chi connectivity index (χ4v) is 4.17. The maximum absolute atomic E-state index is 12.3. The summed E-state index contributed by atoms with van der Waals surface area (Å²) < 4.78 is 48.6. The molecule has 5 atom stereocenters. The van der Waals surface area contributed by atoms with Gasteiger partial charge in [0.2, 0.25) is 23.6 Å². The largest absolute Gasteiger partial charge is 0.481 e. The van der Waals surface area contributed by atoms with Crippen LogP contribution in [-0.4, -0.2) is 69.7 Å². The van der Waals surface area contributed by atoms with Gasteiger partial charge in [-0.05, 0) is 25.0 Å². The van der Waals surface area contributed by atoms with Crippen molar-refractivity contribution in [2.45, 2.75) is 52.6 Å². The highest BCUT2D eigenvalue weighted by Gasteiger charge is 2.47. The Balaban J connectivity index is 0.000000671. The Labute approximate surface area is 205 Å². The Bertz CT molecular complexity index is 905. The van der Waals surface area contributed by atoms with Crippen LogP contribution in [0, 0.1) is 17.8 Å². The lowest BCUT2D eigenvalue weighted by molar-refractivity contribution is -0.150. The zero-order valence-electron chi connectivity index (χ0n) is 19.1. The first-order valence-corrected chi connectivity index (χ1v) is 10.7. The molecule has 2 rings (SSSR count). The predicted molar refractivity (Wildman–Crippen MR) is 120 cm³/mol. The summed E-state index contributed by atoms with van der Waals surface area (Å²) in [7, 11) is 0. The molecule has 0 bridgehead atoms. The fourth-order valence-electron chi connectivity index (χ4n) is 4.17. The minimum atomic E-state index is -2.06. The van der Waals surface area contributed by atoms with Crippen LogP contribution in [0.2, 0.25) is 0 Å². The third-order valence-electron chi connectivity index (χ3n) is 5.72. The van der Waals surface area contributed by atoms with Gasteiger partial charge in [0.15, 0.2) is 0 Å². The lowest BCUT2D eigenvalue weighted by Gasteiger charge is -2.24. The monoisotopic (exact) mass is 524 g/mol. The van der Waals surface area contributed by atoms with Crippen LogP contribution in [-0.2, 0) is 24.0 Å².